The summed E-state index contributed by atoms with van der Waals surface area (Å²) >= 11 is 5.93. The summed E-state index contributed by atoms with van der Waals surface area (Å²) in [5.41, 5.74) is 0.852. The first-order chi connectivity index (χ1) is 16.1. The minimum atomic E-state index is -4.00. The Bertz CT molecular complexity index is 1230. The number of carbonyl (C=O) groups is 1. The zero-order valence-electron chi connectivity index (χ0n) is 19.0. The van der Waals surface area contributed by atoms with E-state index in [2.05, 4.69) is 5.32 Å². The molecule has 186 valence electrons. The van der Waals surface area contributed by atoms with Gasteiger partial charge < -0.3 is 10.1 Å². The average molecular weight is 530 g/mol. The lowest BCUT2D eigenvalue weighted by Gasteiger charge is -2.18. The molecule has 12 heteroatoms. The van der Waals surface area contributed by atoms with Crippen molar-refractivity contribution in [3.05, 3.63) is 53.1 Å². The van der Waals surface area contributed by atoms with Gasteiger partial charge in [0.2, 0.25) is 26.0 Å². The van der Waals surface area contributed by atoms with E-state index < -0.39 is 26.0 Å². The van der Waals surface area contributed by atoms with Crippen LogP contribution in [0.5, 0.6) is 5.75 Å². The number of ether oxygens (including phenoxy) is 1. The molecular weight excluding hydrogens is 502 g/mol. The summed E-state index contributed by atoms with van der Waals surface area (Å²) in [5.74, 6) is -0.341. The Labute approximate surface area is 205 Å². The van der Waals surface area contributed by atoms with Crippen molar-refractivity contribution in [3.8, 4) is 5.75 Å². The van der Waals surface area contributed by atoms with E-state index in [0.717, 1.165) is 22.7 Å². The number of halogens is 1. The normalized spacial score (nSPS) is 14.9. The Morgan fingerprint density at radius 1 is 1.09 bits per heavy atom. The predicted molar refractivity (Wildman–Crippen MR) is 129 cm³/mol. The molecule has 2 aromatic carbocycles. The second-order valence-corrected chi connectivity index (χ2v) is 12.3. The van der Waals surface area contributed by atoms with Crippen LogP contribution in [0.25, 0.3) is 0 Å². The summed E-state index contributed by atoms with van der Waals surface area (Å²) in [6, 6.07) is 10.8. The van der Waals surface area contributed by atoms with Crippen LogP contribution >= 0.6 is 11.6 Å². The third-order valence-electron chi connectivity index (χ3n) is 5.54. The van der Waals surface area contributed by atoms with Crippen LogP contribution in [0, 0.1) is 0 Å². The Kier molecular flexibility index (Phi) is 8.58. The van der Waals surface area contributed by atoms with Crippen LogP contribution in [0.1, 0.15) is 18.4 Å². The molecule has 0 aromatic heterocycles. The SMILES string of the molecule is COc1ccc(Cl)cc1S(=O)(=O)N(C)CC(=O)NCCc1ccc(S(=O)(=O)N2CCCC2)cc1. The zero-order chi connectivity index (χ0) is 24.9. The smallest absolute Gasteiger partial charge is 0.247 e. The molecule has 0 aliphatic carbocycles. The van der Waals surface area contributed by atoms with E-state index in [9.17, 15) is 21.6 Å². The maximum absolute atomic E-state index is 12.9. The number of nitrogens with one attached hydrogen (secondary N) is 1. The van der Waals surface area contributed by atoms with Crippen molar-refractivity contribution < 1.29 is 26.4 Å². The van der Waals surface area contributed by atoms with Crippen molar-refractivity contribution in [3.63, 3.8) is 0 Å². The van der Waals surface area contributed by atoms with Crippen LogP contribution < -0.4 is 10.1 Å². The van der Waals surface area contributed by atoms with E-state index in [1.165, 1.54) is 36.7 Å². The maximum Gasteiger partial charge on any atom is 0.247 e. The molecule has 34 heavy (non-hydrogen) atoms. The van der Waals surface area contributed by atoms with Gasteiger partial charge in [-0.2, -0.15) is 8.61 Å². The molecule has 3 rings (SSSR count). The van der Waals surface area contributed by atoms with Crippen molar-refractivity contribution in [2.75, 3.05) is 40.3 Å². The first kappa shape index (κ1) is 26.4. The van der Waals surface area contributed by atoms with Crippen molar-refractivity contribution >= 4 is 37.6 Å². The first-order valence-electron chi connectivity index (χ1n) is 10.7. The average Bonchev–Trinajstić information content (AvgIpc) is 3.35. The number of sulfonamides is 2. The summed E-state index contributed by atoms with van der Waals surface area (Å²) in [7, 11) is -4.81. The number of rotatable bonds is 10. The molecule has 1 aliphatic heterocycles. The lowest BCUT2D eigenvalue weighted by atomic mass is 10.1. The van der Waals surface area contributed by atoms with Crippen LogP contribution in [-0.4, -0.2) is 71.7 Å². The summed E-state index contributed by atoms with van der Waals surface area (Å²) < 4.78 is 58.4. The molecule has 2 aromatic rings. The largest absolute Gasteiger partial charge is 0.495 e. The van der Waals surface area contributed by atoms with E-state index in [4.69, 9.17) is 16.3 Å². The van der Waals surface area contributed by atoms with Gasteiger partial charge in [0.25, 0.3) is 0 Å². The summed E-state index contributed by atoms with van der Waals surface area (Å²) in [6.07, 6.45) is 2.22. The molecule has 0 spiro atoms. The number of hydrogen-bond donors (Lipinski definition) is 1. The van der Waals surface area contributed by atoms with E-state index >= 15 is 0 Å². The lowest BCUT2D eigenvalue weighted by Crippen LogP contribution is -2.39. The first-order valence-corrected chi connectivity index (χ1v) is 14.0. The fourth-order valence-corrected chi connectivity index (χ4v) is 6.67. The van der Waals surface area contributed by atoms with Crippen molar-refractivity contribution in [1.82, 2.24) is 13.9 Å². The maximum atomic E-state index is 12.9. The Balaban J connectivity index is 1.54. The topological polar surface area (TPSA) is 113 Å². The second-order valence-electron chi connectivity index (χ2n) is 7.91. The van der Waals surface area contributed by atoms with Crippen LogP contribution in [0.3, 0.4) is 0 Å². The number of hydrogen-bond acceptors (Lipinski definition) is 6. The van der Waals surface area contributed by atoms with Gasteiger partial charge in [-0.1, -0.05) is 23.7 Å². The minimum Gasteiger partial charge on any atom is -0.495 e. The molecular formula is C22H28ClN3O6S2. The zero-order valence-corrected chi connectivity index (χ0v) is 21.4. The number of benzene rings is 2. The van der Waals surface area contributed by atoms with Gasteiger partial charge in [0.15, 0.2) is 0 Å². The summed E-state index contributed by atoms with van der Waals surface area (Å²) in [4.78, 5) is 12.4. The number of amides is 1. The highest BCUT2D eigenvalue weighted by Crippen LogP contribution is 2.29. The second kappa shape index (κ2) is 11.0. The molecule has 1 saturated heterocycles. The predicted octanol–water partition coefficient (Wildman–Crippen LogP) is 2.11. The van der Waals surface area contributed by atoms with E-state index in [0.29, 0.717) is 19.5 Å². The van der Waals surface area contributed by atoms with Gasteiger partial charge >= 0.3 is 0 Å². The standard InChI is InChI=1S/C22H28ClN3O6S2/c1-25(34(30,31)21-15-18(23)7-10-20(21)32-2)16-22(27)24-12-11-17-5-8-19(9-6-17)33(28,29)26-13-3-4-14-26/h5-10,15H,3-4,11-14,16H2,1-2H3,(H,24,27). The molecule has 1 aliphatic rings. The van der Waals surface area contributed by atoms with E-state index in [-0.39, 0.29) is 33.7 Å². The number of carbonyl (C=O) groups excluding carboxylic acids is 1. The molecule has 1 N–H and O–H groups in total. The number of nitrogens with zero attached hydrogens (tertiary/aromatic N) is 2. The fraction of sp³-hybridized carbons (Fsp3) is 0.409. The third-order valence-corrected chi connectivity index (χ3v) is 9.51. The summed E-state index contributed by atoms with van der Waals surface area (Å²) in [5, 5.41) is 2.92. The van der Waals surface area contributed by atoms with E-state index in [1.807, 2.05) is 0 Å². The van der Waals surface area contributed by atoms with Crippen LogP contribution in [-0.2, 0) is 31.3 Å². The molecule has 1 fully saturated rings. The number of likely N-dealkylation sites (N-methyl/N-ethyl adjacent to an activating group) is 1. The quantitative estimate of drug-likeness (QED) is 0.504. The van der Waals surface area contributed by atoms with Gasteiger partial charge in [-0.15, -0.1) is 0 Å². The van der Waals surface area contributed by atoms with Gasteiger partial charge in [0.1, 0.15) is 10.6 Å². The van der Waals surface area contributed by atoms with E-state index in [1.54, 1.807) is 24.3 Å². The highest BCUT2D eigenvalue weighted by molar-refractivity contribution is 7.89. The molecule has 0 radical (unpaired) electrons. The van der Waals surface area contributed by atoms with Crippen molar-refractivity contribution in [2.45, 2.75) is 29.1 Å². The van der Waals surface area contributed by atoms with Gasteiger partial charge in [-0.3, -0.25) is 4.79 Å². The summed E-state index contributed by atoms with van der Waals surface area (Å²) in [6.45, 7) is 0.977. The molecule has 0 bridgehead atoms. The molecule has 1 amide bonds. The van der Waals surface area contributed by atoms with Crippen molar-refractivity contribution in [1.29, 1.82) is 0 Å². The molecule has 1 heterocycles. The highest BCUT2D eigenvalue weighted by atomic mass is 35.5. The van der Waals surface area contributed by atoms with Gasteiger partial charge in [0.05, 0.1) is 18.6 Å². The van der Waals surface area contributed by atoms with Gasteiger partial charge in [-0.25, -0.2) is 16.8 Å². The van der Waals surface area contributed by atoms with Gasteiger partial charge in [0, 0.05) is 31.7 Å². The molecule has 0 saturated carbocycles. The minimum absolute atomic E-state index is 0.123. The van der Waals surface area contributed by atoms with Crippen LogP contribution in [0.2, 0.25) is 5.02 Å². The number of methoxy groups -OCH3 is 1. The Morgan fingerprint density at radius 3 is 2.35 bits per heavy atom. The Morgan fingerprint density at radius 2 is 1.74 bits per heavy atom. The van der Waals surface area contributed by atoms with Gasteiger partial charge in [-0.05, 0) is 55.2 Å². The van der Waals surface area contributed by atoms with Crippen LogP contribution in [0.4, 0.5) is 0 Å². The Hall–Kier alpha value is -2.18. The lowest BCUT2D eigenvalue weighted by molar-refractivity contribution is -0.121. The molecule has 9 nitrogen and oxygen atoms in total. The van der Waals surface area contributed by atoms with Crippen LogP contribution in [0.15, 0.2) is 52.3 Å². The fourth-order valence-electron chi connectivity index (χ4n) is 3.62. The monoisotopic (exact) mass is 529 g/mol. The molecule has 0 atom stereocenters. The molecule has 0 unspecified atom stereocenters. The highest BCUT2D eigenvalue weighted by Gasteiger charge is 2.28. The van der Waals surface area contributed by atoms with Crippen molar-refractivity contribution in [2.24, 2.45) is 0 Å². The third kappa shape index (κ3) is 6.08.